The maximum atomic E-state index is 12.9. The molecule has 0 saturated heterocycles. The summed E-state index contributed by atoms with van der Waals surface area (Å²) in [4.78, 5) is 10.3. The summed E-state index contributed by atoms with van der Waals surface area (Å²) < 4.78 is 32.3. The number of methoxy groups -OCH3 is 1. The van der Waals surface area contributed by atoms with E-state index in [2.05, 4.69) is 10.5 Å². The number of benzene rings is 2. The number of ether oxygens (including phenoxy) is 1. The Balaban J connectivity index is 2.30. The lowest BCUT2D eigenvalue weighted by atomic mass is 10.2. The summed E-state index contributed by atoms with van der Waals surface area (Å²) in [7, 11) is -2.35. The molecule has 2 rings (SSSR count). The predicted molar refractivity (Wildman–Crippen MR) is 117 cm³/mol. The van der Waals surface area contributed by atoms with Crippen LogP contribution < -0.4 is 10.2 Å². The Morgan fingerprint density at radius 1 is 1.20 bits per heavy atom. The van der Waals surface area contributed by atoms with Crippen LogP contribution in [0.5, 0.6) is 5.75 Å². The van der Waals surface area contributed by atoms with Crippen LogP contribution in [-0.2, 0) is 10.0 Å². The maximum Gasteiger partial charge on any atom is 0.270 e. The van der Waals surface area contributed by atoms with E-state index >= 15 is 0 Å². The molecule has 0 bridgehead atoms. The van der Waals surface area contributed by atoms with Crippen LogP contribution in [0.4, 0.5) is 11.4 Å². The van der Waals surface area contributed by atoms with Crippen molar-refractivity contribution in [2.24, 2.45) is 5.10 Å². The molecule has 0 fully saturated rings. The fourth-order valence-electron chi connectivity index (χ4n) is 2.73. The van der Waals surface area contributed by atoms with Crippen molar-refractivity contribution in [2.75, 3.05) is 25.6 Å². The molecular formula is C20H24N4O5S. The molecule has 9 nitrogen and oxygen atoms in total. The van der Waals surface area contributed by atoms with Crippen molar-refractivity contribution < 1.29 is 18.1 Å². The van der Waals surface area contributed by atoms with Gasteiger partial charge in [0.05, 0.1) is 17.7 Å². The fourth-order valence-corrected chi connectivity index (χ4v) is 4.35. The molecule has 0 amide bonds. The number of rotatable bonds is 10. The van der Waals surface area contributed by atoms with E-state index < -0.39 is 14.9 Å². The van der Waals surface area contributed by atoms with Crippen LogP contribution in [0.1, 0.15) is 19.4 Å². The standard InChI is InChI=1S/C20H24N4O5S/c1-4-23(5-2)30(27,28)20-15-17(24(25)26)12-13-18(20)22-21-14-8-10-16-9-6-7-11-19(16)29-3/h6-15,22H,4-5H2,1-3H3/b10-8+,21-14+. The van der Waals surface area contributed by atoms with Crippen molar-refractivity contribution in [1.82, 2.24) is 4.31 Å². The molecule has 0 aromatic heterocycles. The van der Waals surface area contributed by atoms with Crippen LogP contribution in [-0.4, -0.2) is 44.1 Å². The maximum absolute atomic E-state index is 12.9. The van der Waals surface area contributed by atoms with Crippen LogP contribution in [0.15, 0.2) is 58.5 Å². The lowest BCUT2D eigenvalue weighted by molar-refractivity contribution is -0.385. The van der Waals surface area contributed by atoms with Gasteiger partial charge in [0.2, 0.25) is 10.0 Å². The third kappa shape index (κ3) is 5.43. The lowest BCUT2D eigenvalue weighted by Crippen LogP contribution is -2.31. The van der Waals surface area contributed by atoms with Crippen LogP contribution in [0.3, 0.4) is 0 Å². The number of anilines is 1. The number of nitrogens with one attached hydrogen (secondary N) is 1. The molecule has 160 valence electrons. The highest BCUT2D eigenvalue weighted by molar-refractivity contribution is 7.89. The second-order valence-corrected chi connectivity index (χ2v) is 7.92. The number of nitrogens with zero attached hydrogens (tertiary/aromatic N) is 3. The zero-order valence-corrected chi connectivity index (χ0v) is 17.8. The molecule has 0 aliphatic carbocycles. The largest absolute Gasteiger partial charge is 0.496 e. The van der Waals surface area contributed by atoms with E-state index in [0.717, 1.165) is 11.6 Å². The van der Waals surface area contributed by atoms with Gasteiger partial charge in [-0.25, -0.2) is 8.42 Å². The fraction of sp³-hybridized carbons (Fsp3) is 0.250. The van der Waals surface area contributed by atoms with Gasteiger partial charge in [-0.3, -0.25) is 15.5 Å². The third-order valence-electron chi connectivity index (χ3n) is 4.26. The summed E-state index contributed by atoms with van der Waals surface area (Å²) in [5.74, 6) is 0.707. The van der Waals surface area contributed by atoms with Gasteiger partial charge in [0, 0.05) is 37.0 Å². The summed E-state index contributed by atoms with van der Waals surface area (Å²) >= 11 is 0. The minimum atomic E-state index is -3.92. The number of hydrogen-bond donors (Lipinski definition) is 1. The Labute approximate surface area is 175 Å². The van der Waals surface area contributed by atoms with Crippen LogP contribution in [0.25, 0.3) is 6.08 Å². The van der Waals surface area contributed by atoms with Crippen LogP contribution in [0, 0.1) is 10.1 Å². The quantitative estimate of drug-likeness (QED) is 0.347. The number of hydrazone groups is 1. The Morgan fingerprint density at radius 3 is 2.53 bits per heavy atom. The number of sulfonamides is 1. The molecule has 0 aliphatic heterocycles. The molecule has 0 unspecified atom stereocenters. The second kappa shape index (κ2) is 10.5. The Bertz CT molecular complexity index is 1050. The lowest BCUT2D eigenvalue weighted by Gasteiger charge is -2.20. The van der Waals surface area contributed by atoms with Gasteiger partial charge in [0.1, 0.15) is 10.6 Å². The molecule has 2 aromatic carbocycles. The monoisotopic (exact) mass is 432 g/mol. The van der Waals surface area contributed by atoms with Gasteiger partial charge in [0.15, 0.2) is 0 Å². The van der Waals surface area contributed by atoms with Gasteiger partial charge in [-0.2, -0.15) is 9.41 Å². The van der Waals surface area contributed by atoms with Gasteiger partial charge in [-0.15, -0.1) is 0 Å². The van der Waals surface area contributed by atoms with Gasteiger partial charge in [-0.1, -0.05) is 32.0 Å². The Kier molecular flexibility index (Phi) is 8.07. The normalized spacial score (nSPS) is 12.0. The SMILES string of the molecule is CCN(CC)S(=O)(=O)c1cc([N+](=O)[O-])ccc1N/N=C/C=C/c1ccccc1OC. The molecular weight excluding hydrogens is 408 g/mol. The second-order valence-electron chi connectivity index (χ2n) is 6.02. The first kappa shape index (κ1) is 23.0. The topological polar surface area (TPSA) is 114 Å². The van der Waals surface area contributed by atoms with E-state index in [1.165, 1.54) is 22.7 Å². The number of nitro benzene ring substituents is 1. The molecule has 30 heavy (non-hydrogen) atoms. The summed E-state index contributed by atoms with van der Waals surface area (Å²) in [5.41, 5.74) is 3.35. The molecule has 2 aromatic rings. The third-order valence-corrected chi connectivity index (χ3v) is 6.35. The molecule has 0 saturated carbocycles. The smallest absolute Gasteiger partial charge is 0.270 e. The summed E-state index contributed by atoms with van der Waals surface area (Å²) in [6, 6.07) is 11.0. The van der Waals surface area contributed by atoms with Gasteiger partial charge in [0.25, 0.3) is 5.69 Å². The van der Waals surface area contributed by atoms with Gasteiger partial charge < -0.3 is 4.74 Å². The van der Waals surface area contributed by atoms with E-state index in [1.54, 1.807) is 33.1 Å². The predicted octanol–water partition coefficient (Wildman–Crippen LogP) is 3.75. The van der Waals surface area contributed by atoms with Crippen LogP contribution >= 0.6 is 0 Å². The number of allylic oxidation sites excluding steroid dienone is 1. The zero-order chi connectivity index (χ0) is 22.1. The highest BCUT2D eigenvalue weighted by Gasteiger charge is 2.27. The average Bonchev–Trinajstić information content (AvgIpc) is 2.74. The van der Waals surface area contributed by atoms with E-state index in [0.29, 0.717) is 5.75 Å². The molecule has 10 heteroatoms. The molecule has 0 spiro atoms. The summed E-state index contributed by atoms with van der Waals surface area (Å²) in [5, 5.41) is 15.1. The summed E-state index contributed by atoms with van der Waals surface area (Å²) in [6.45, 7) is 3.89. The molecule has 0 atom stereocenters. The number of nitro groups is 1. The zero-order valence-electron chi connectivity index (χ0n) is 17.0. The number of hydrogen-bond acceptors (Lipinski definition) is 7. The highest BCUT2D eigenvalue weighted by Crippen LogP contribution is 2.29. The minimum absolute atomic E-state index is 0.148. The summed E-state index contributed by atoms with van der Waals surface area (Å²) in [6.07, 6.45) is 4.89. The highest BCUT2D eigenvalue weighted by atomic mass is 32.2. The first-order chi connectivity index (χ1) is 14.3. The van der Waals surface area contributed by atoms with Crippen molar-refractivity contribution in [2.45, 2.75) is 18.7 Å². The van der Waals surface area contributed by atoms with Crippen molar-refractivity contribution in [3.8, 4) is 5.75 Å². The molecule has 0 aliphatic rings. The van der Waals surface area contributed by atoms with Gasteiger partial charge in [-0.05, 0) is 24.3 Å². The average molecular weight is 433 g/mol. The van der Waals surface area contributed by atoms with E-state index in [9.17, 15) is 18.5 Å². The van der Waals surface area contributed by atoms with E-state index in [1.807, 2.05) is 24.3 Å². The van der Waals surface area contributed by atoms with E-state index in [-0.39, 0.29) is 29.4 Å². The van der Waals surface area contributed by atoms with Crippen molar-refractivity contribution in [3.63, 3.8) is 0 Å². The van der Waals surface area contributed by atoms with Crippen molar-refractivity contribution in [1.29, 1.82) is 0 Å². The van der Waals surface area contributed by atoms with Crippen molar-refractivity contribution in [3.05, 3.63) is 64.2 Å². The minimum Gasteiger partial charge on any atom is -0.496 e. The first-order valence-electron chi connectivity index (χ1n) is 9.22. The Hall–Kier alpha value is -3.24. The van der Waals surface area contributed by atoms with E-state index in [4.69, 9.17) is 4.74 Å². The molecule has 0 heterocycles. The first-order valence-corrected chi connectivity index (χ1v) is 10.7. The van der Waals surface area contributed by atoms with Crippen molar-refractivity contribution >= 4 is 33.7 Å². The molecule has 0 radical (unpaired) electrons. The van der Waals surface area contributed by atoms with Gasteiger partial charge >= 0.3 is 0 Å². The molecule has 1 N–H and O–H groups in total. The Morgan fingerprint density at radius 2 is 1.90 bits per heavy atom. The number of para-hydroxylation sites is 1. The number of non-ortho nitro benzene ring substituents is 1. The van der Waals surface area contributed by atoms with Crippen LogP contribution in [0.2, 0.25) is 0 Å².